The van der Waals surface area contributed by atoms with E-state index in [0.717, 1.165) is 0 Å². The number of hydrogen-bond acceptors (Lipinski definition) is 7. The summed E-state index contributed by atoms with van der Waals surface area (Å²) in [6.45, 7) is 74.0. The van der Waals surface area contributed by atoms with E-state index in [1.165, 1.54) is 65.0 Å². The van der Waals surface area contributed by atoms with Gasteiger partial charge in [-0.05, 0) is 280 Å². The minimum absolute atomic E-state index is 0. The molecule has 0 fully saturated rings. The Morgan fingerprint density at radius 3 is 0.786 bits per heavy atom. The van der Waals surface area contributed by atoms with E-state index >= 15 is 0 Å². The van der Waals surface area contributed by atoms with Crippen LogP contribution < -0.4 is 14.7 Å². The highest BCUT2D eigenvalue weighted by molar-refractivity contribution is 5.63. The topological polar surface area (TPSA) is 22.7 Å². The van der Waals surface area contributed by atoms with Gasteiger partial charge in [-0.3, -0.25) is 14.7 Å². The van der Waals surface area contributed by atoms with E-state index in [-0.39, 0.29) is 31.5 Å². The molecule has 0 aliphatic rings. The van der Waals surface area contributed by atoms with E-state index < -0.39 is 0 Å². The first-order valence-electron chi connectivity index (χ1n) is 32.1. The van der Waals surface area contributed by atoms with E-state index in [1.54, 1.807) is 0 Å². The van der Waals surface area contributed by atoms with Crippen molar-refractivity contribution in [2.24, 2.45) is 0 Å². The van der Waals surface area contributed by atoms with Crippen molar-refractivity contribution in [2.75, 3.05) is 71.1 Å². The van der Waals surface area contributed by atoms with Crippen molar-refractivity contribution in [3.8, 4) is 0 Å². The lowest BCUT2D eigenvalue weighted by atomic mass is 9.90. The minimum atomic E-state index is 0. The van der Waals surface area contributed by atoms with Gasteiger partial charge in [-0.2, -0.15) is 0 Å². The highest BCUT2D eigenvalue weighted by atomic mass is 15.2. The molecule has 84 heavy (non-hydrogen) atoms. The number of anilines is 3. The molecule has 7 nitrogen and oxygen atoms in total. The Morgan fingerprint density at radius 1 is 0.321 bits per heavy atom. The van der Waals surface area contributed by atoms with Gasteiger partial charge < -0.3 is 19.6 Å². The molecule has 0 aliphatic heterocycles. The van der Waals surface area contributed by atoms with Crippen LogP contribution in [-0.2, 0) is 0 Å². The van der Waals surface area contributed by atoms with Crippen molar-refractivity contribution in [2.45, 2.75) is 338 Å². The van der Waals surface area contributed by atoms with Crippen LogP contribution in [0.4, 0.5) is 17.1 Å². The molecule has 0 saturated heterocycles. The first-order valence-corrected chi connectivity index (χ1v) is 32.1. The van der Waals surface area contributed by atoms with Gasteiger partial charge in [0, 0.05) is 95.1 Å². The van der Waals surface area contributed by atoms with Gasteiger partial charge in [-0.15, -0.1) is 0 Å². The van der Waals surface area contributed by atoms with Crippen LogP contribution in [0.5, 0.6) is 0 Å². The van der Waals surface area contributed by atoms with Gasteiger partial charge >= 0.3 is 0 Å². The number of rotatable bonds is 14. The monoisotopic (exact) mass is 1180 g/mol. The van der Waals surface area contributed by atoms with Crippen molar-refractivity contribution in [1.29, 1.82) is 0 Å². The van der Waals surface area contributed by atoms with Gasteiger partial charge in [0.15, 0.2) is 0 Å². The molecule has 0 heterocycles. The van der Waals surface area contributed by atoms with E-state index in [0.29, 0.717) is 52.1 Å². The van der Waals surface area contributed by atoms with Crippen LogP contribution in [0.2, 0.25) is 0 Å². The van der Waals surface area contributed by atoms with E-state index in [2.05, 4.69) is 380 Å². The Kier molecular flexibility index (Phi) is 44.3. The molecule has 0 spiro atoms. The number of aryl methyl sites for hydroxylation is 2. The number of hydrogen-bond donors (Lipinski definition) is 0. The van der Waals surface area contributed by atoms with Gasteiger partial charge in [-0.25, -0.2) is 0 Å². The highest BCUT2D eigenvalue weighted by Gasteiger charge is 2.28. The maximum atomic E-state index is 2.47. The largest absolute Gasteiger partial charge is 0.370 e. The standard InChI is InChI=1S/C17H29N.C13H21N.C11H17N.C10H23N.3C8H19N.2CH4/c1-12(2)14-10-9-11-15(13(3)4)16(14)18(8)17(5,6)7;1-10-8-7-9-11(2)12(10)14(6)13(3,4)5;1-11(2,3)12(4)10-8-6-5-7-9-10;1-7-10(5,8-2)11(6)9(3)4;2*1-7(2)9(6)8(3,4)5;1-6-8(3,7-2)9(4)5;;/h9-13H,1-8H3;7-9H,1-6H3;5-9H,1-4H3;9H,7-8H2,1-6H3;2*7H,1-6H3;6-7H2,1-5H3;2*1H4. The fourth-order valence-corrected chi connectivity index (χ4v) is 8.75. The zero-order valence-electron chi connectivity index (χ0n) is 63.2. The second kappa shape index (κ2) is 40.4. The molecule has 0 aliphatic carbocycles. The number of benzene rings is 3. The molecular weight excluding hydrogens is 1020 g/mol. The van der Waals surface area contributed by atoms with Gasteiger partial charge in [0.1, 0.15) is 0 Å². The third kappa shape index (κ3) is 33.9. The average Bonchev–Trinajstić information content (AvgIpc) is 3.36. The lowest BCUT2D eigenvalue weighted by molar-refractivity contribution is 0.0935. The second-order valence-corrected chi connectivity index (χ2v) is 30.6. The van der Waals surface area contributed by atoms with E-state index in [1.807, 2.05) is 6.07 Å². The summed E-state index contributed by atoms with van der Waals surface area (Å²) in [7, 11) is 17.3. The molecule has 0 amide bonds. The van der Waals surface area contributed by atoms with Crippen molar-refractivity contribution < 1.29 is 0 Å². The average molecular weight is 1180 g/mol. The van der Waals surface area contributed by atoms with Crippen LogP contribution in [0.15, 0.2) is 66.7 Å². The Labute approximate surface area is 531 Å². The smallest absolute Gasteiger partial charge is 0.0438 e. The summed E-state index contributed by atoms with van der Waals surface area (Å²) in [5, 5.41) is 0. The second-order valence-electron chi connectivity index (χ2n) is 30.6. The third-order valence-corrected chi connectivity index (χ3v) is 18.0. The normalized spacial score (nSPS) is 12.1. The molecule has 7 heteroatoms. The Morgan fingerprint density at radius 2 is 0.595 bits per heavy atom. The molecule has 0 aromatic heterocycles. The van der Waals surface area contributed by atoms with Gasteiger partial charge in [0.25, 0.3) is 0 Å². The molecule has 0 saturated carbocycles. The molecule has 0 N–H and O–H groups in total. The van der Waals surface area contributed by atoms with Crippen molar-refractivity contribution in [1.82, 2.24) is 19.6 Å². The van der Waals surface area contributed by atoms with Gasteiger partial charge in [0.05, 0.1) is 0 Å². The fraction of sp³-hybridized carbons (Fsp3) is 0.766. The molecule has 3 aromatic carbocycles. The van der Waals surface area contributed by atoms with Crippen LogP contribution in [-0.4, -0.2) is 133 Å². The molecule has 3 aromatic rings. The summed E-state index contributed by atoms with van der Waals surface area (Å²) in [6, 6.07) is 25.6. The van der Waals surface area contributed by atoms with Crippen LogP contribution in [0, 0.1) is 13.8 Å². The predicted molar refractivity (Wildman–Crippen MR) is 395 cm³/mol. The molecule has 0 atom stereocenters. The molecule has 0 bridgehead atoms. The summed E-state index contributed by atoms with van der Waals surface area (Å²) in [4.78, 5) is 16.5. The van der Waals surface area contributed by atoms with E-state index in [4.69, 9.17) is 0 Å². The summed E-state index contributed by atoms with van der Waals surface area (Å²) in [6.07, 6.45) is 4.93. The lowest BCUT2D eigenvalue weighted by Crippen LogP contribution is -2.46. The predicted octanol–water partition coefficient (Wildman–Crippen LogP) is 22.2. The summed E-state index contributed by atoms with van der Waals surface area (Å²) in [5.41, 5.74) is 11.6. The quantitative estimate of drug-likeness (QED) is 0.158. The van der Waals surface area contributed by atoms with Crippen LogP contribution in [0.1, 0.15) is 289 Å². The highest BCUT2D eigenvalue weighted by Crippen LogP contribution is 2.38. The summed E-state index contributed by atoms with van der Waals surface area (Å²) < 4.78 is 0. The first-order chi connectivity index (χ1) is 36.8. The zero-order chi connectivity index (χ0) is 66.1. The van der Waals surface area contributed by atoms with Crippen molar-refractivity contribution >= 4 is 17.1 Å². The van der Waals surface area contributed by atoms with Crippen molar-refractivity contribution in [3.05, 3.63) is 89.0 Å². The van der Waals surface area contributed by atoms with Crippen LogP contribution in [0.25, 0.3) is 0 Å². The zero-order valence-corrected chi connectivity index (χ0v) is 63.2. The maximum Gasteiger partial charge on any atom is 0.0438 e. The Bertz CT molecular complexity index is 2000. The minimum Gasteiger partial charge on any atom is -0.370 e. The Balaban J connectivity index is -0.000000214. The number of para-hydroxylation sites is 3. The number of nitrogens with zero attached hydrogens (tertiary/aromatic N) is 7. The molecule has 0 unspecified atom stereocenters. The SMILES string of the molecule is C.C.CC(C)N(C)C(C)(C)C.CC(C)N(C)C(C)(C)C.CC(C)c1cccc(C(C)C)c1N(C)C(C)(C)C.CCC(C)(CC)N(C)C.CCC(C)(CC)N(C)C(C)C.CN(c1ccccc1)C(C)(C)C.Cc1cccc(C)c1N(C)C(C)(C)C. The fourth-order valence-electron chi connectivity index (χ4n) is 8.75. The molecule has 498 valence electrons. The molecule has 3 rings (SSSR count). The van der Waals surface area contributed by atoms with Crippen molar-refractivity contribution in [3.63, 3.8) is 0 Å². The molecular formula is C77H155N7. The van der Waals surface area contributed by atoms with Crippen LogP contribution >= 0.6 is 0 Å². The van der Waals surface area contributed by atoms with E-state index in [9.17, 15) is 0 Å². The summed E-state index contributed by atoms with van der Waals surface area (Å²) >= 11 is 0. The van der Waals surface area contributed by atoms with Gasteiger partial charge in [0.2, 0.25) is 0 Å². The maximum absolute atomic E-state index is 2.47. The third-order valence-electron chi connectivity index (χ3n) is 18.0. The lowest BCUT2D eigenvalue weighted by Gasteiger charge is -2.40. The van der Waals surface area contributed by atoms with Crippen LogP contribution in [0.3, 0.4) is 0 Å². The molecule has 0 radical (unpaired) electrons. The van der Waals surface area contributed by atoms with Gasteiger partial charge in [-0.1, -0.05) is 125 Å². The first kappa shape index (κ1) is 92.1. The Hall–Kier alpha value is -3.10. The summed E-state index contributed by atoms with van der Waals surface area (Å²) in [5.74, 6) is 1.12.